The average molecular weight is 236 g/mol. The molecule has 0 aromatic carbocycles. The van der Waals surface area contributed by atoms with Gasteiger partial charge in [-0.1, -0.05) is 27.2 Å². The van der Waals surface area contributed by atoms with Crippen molar-refractivity contribution >= 4 is 0 Å². The van der Waals surface area contributed by atoms with E-state index >= 15 is 0 Å². The molecule has 1 aliphatic carbocycles. The van der Waals surface area contributed by atoms with Gasteiger partial charge in [0.25, 0.3) is 0 Å². The summed E-state index contributed by atoms with van der Waals surface area (Å²) in [7, 11) is 0. The van der Waals surface area contributed by atoms with Crippen LogP contribution in [0, 0.1) is 11.8 Å². The predicted molar refractivity (Wildman–Crippen MR) is 68.6 cm³/mol. The number of hydrogen-bond donors (Lipinski definition) is 1. The fourth-order valence-corrected chi connectivity index (χ4v) is 2.99. The first-order chi connectivity index (χ1) is 8.08. The zero-order valence-electron chi connectivity index (χ0n) is 11.2. The lowest BCUT2D eigenvalue weighted by Gasteiger charge is -2.41. The Morgan fingerprint density at radius 3 is 3.00 bits per heavy atom. The number of rotatable bonds is 3. The van der Waals surface area contributed by atoms with Crippen molar-refractivity contribution in [2.24, 2.45) is 11.8 Å². The predicted octanol–water partition coefficient (Wildman–Crippen LogP) is 2.94. The van der Waals surface area contributed by atoms with Gasteiger partial charge in [0.05, 0.1) is 11.8 Å². The second-order valence-corrected chi connectivity index (χ2v) is 5.57. The molecular weight excluding hydrogens is 212 g/mol. The summed E-state index contributed by atoms with van der Waals surface area (Å²) in [5.41, 5.74) is 0.342. The van der Waals surface area contributed by atoms with E-state index in [0.29, 0.717) is 11.8 Å². The molecule has 1 heterocycles. The maximum atomic E-state index is 10.9. The van der Waals surface area contributed by atoms with Gasteiger partial charge in [0.2, 0.25) is 0 Å². The molecule has 0 spiro atoms. The molecule has 17 heavy (non-hydrogen) atoms. The number of aryl methyl sites for hydroxylation is 1. The van der Waals surface area contributed by atoms with Gasteiger partial charge in [0, 0.05) is 18.3 Å². The molecule has 1 aromatic rings. The molecule has 1 aliphatic rings. The second kappa shape index (κ2) is 4.81. The van der Waals surface area contributed by atoms with Crippen molar-refractivity contribution in [1.82, 2.24) is 9.78 Å². The third-order valence-electron chi connectivity index (χ3n) is 4.41. The topological polar surface area (TPSA) is 38.0 Å². The molecule has 3 heteroatoms. The average Bonchev–Trinajstić information content (AvgIpc) is 2.75. The highest BCUT2D eigenvalue weighted by molar-refractivity contribution is 5.18. The lowest BCUT2D eigenvalue weighted by atomic mass is 9.68. The first kappa shape index (κ1) is 12.6. The minimum Gasteiger partial charge on any atom is -0.385 e. The van der Waals surface area contributed by atoms with Crippen LogP contribution in [-0.4, -0.2) is 14.9 Å². The van der Waals surface area contributed by atoms with Gasteiger partial charge in [-0.3, -0.25) is 4.68 Å². The van der Waals surface area contributed by atoms with Crippen LogP contribution < -0.4 is 0 Å². The highest BCUT2D eigenvalue weighted by atomic mass is 16.3. The van der Waals surface area contributed by atoms with E-state index in [-0.39, 0.29) is 0 Å². The molecule has 0 aliphatic heterocycles. The highest BCUT2D eigenvalue weighted by Gasteiger charge is 2.41. The summed E-state index contributed by atoms with van der Waals surface area (Å²) in [6, 6.07) is 0. The van der Waals surface area contributed by atoms with Crippen molar-refractivity contribution in [3.63, 3.8) is 0 Å². The van der Waals surface area contributed by atoms with Gasteiger partial charge in [-0.25, -0.2) is 0 Å². The Balaban J connectivity index is 2.23. The molecule has 0 amide bonds. The summed E-state index contributed by atoms with van der Waals surface area (Å²) in [5, 5.41) is 15.3. The van der Waals surface area contributed by atoms with Crippen molar-refractivity contribution in [2.45, 2.75) is 58.6 Å². The van der Waals surface area contributed by atoms with E-state index in [9.17, 15) is 5.11 Å². The van der Waals surface area contributed by atoms with Crippen LogP contribution in [0.1, 0.15) is 52.0 Å². The third kappa shape index (κ3) is 2.25. The Morgan fingerprint density at radius 1 is 1.53 bits per heavy atom. The Bertz CT molecular complexity index is 374. The normalized spacial score (nSPS) is 33.9. The minimum atomic E-state index is -0.663. The minimum absolute atomic E-state index is 0.315. The van der Waals surface area contributed by atoms with Crippen molar-refractivity contribution in [2.75, 3.05) is 0 Å². The fourth-order valence-electron chi connectivity index (χ4n) is 2.99. The van der Waals surface area contributed by atoms with E-state index in [0.717, 1.165) is 31.4 Å². The van der Waals surface area contributed by atoms with Crippen molar-refractivity contribution < 1.29 is 5.11 Å². The van der Waals surface area contributed by atoms with E-state index in [1.54, 1.807) is 0 Å². The summed E-state index contributed by atoms with van der Waals surface area (Å²) in [5.74, 6) is 0.902. The van der Waals surface area contributed by atoms with E-state index in [1.807, 2.05) is 17.1 Å². The smallest absolute Gasteiger partial charge is 0.0954 e. The van der Waals surface area contributed by atoms with E-state index in [2.05, 4.69) is 25.9 Å². The molecule has 2 rings (SSSR count). The summed E-state index contributed by atoms with van der Waals surface area (Å²) in [4.78, 5) is 0. The molecule has 1 N–H and O–H groups in total. The van der Waals surface area contributed by atoms with Gasteiger partial charge in [-0.2, -0.15) is 5.10 Å². The first-order valence-corrected chi connectivity index (χ1v) is 6.83. The molecule has 3 unspecified atom stereocenters. The molecule has 1 aromatic heterocycles. The lowest BCUT2D eigenvalue weighted by Crippen LogP contribution is -2.40. The monoisotopic (exact) mass is 236 g/mol. The maximum absolute atomic E-state index is 10.9. The molecule has 0 saturated heterocycles. The van der Waals surface area contributed by atoms with Crippen molar-refractivity contribution in [3.8, 4) is 0 Å². The summed E-state index contributed by atoms with van der Waals surface area (Å²) >= 11 is 0. The van der Waals surface area contributed by atoms with Crippen LogP contribution in [0.3, 0.4) is 0 Å². The van der Waals surface area contributed by atoms with Crippen LogP contribution >= 0.6 is 0 Å². The van der Waals surface area contributed by atoms with Crippen LogP contribution in [-0.2, 0) is 12.1 Å². The Hall–Kier alpha value is -0.830. The van der Waals surface area contributed by atoms with Crippen LogP contribution in [0.25, 0.3) is 0 Å². The number of nitrogens with zero attached hydrogens (tertiary/aromatic N) is 2. The molecule has 1 fully saturated rings. The Labute approximate surface area is 104 Å². The van der Waals surface area contributed by atoms with Crippen molar-refractivity contribution in [1.29, 1.82) is 0 Å². The van der Waals surface area contributed by atoms with Gasteiger partial charge < -0.3 is 5.11 Å². The molecule has 3 atom stereocenters. The second-order valence-electron chi connectivity index (χ2n) is 5.57. The maximum Gasteiger partial charge on any atom is 0.0954 e. The lowest BCUT2D eigenvalue weighted by molar-refractivity contribution is -0.0689. The van der Waals surface area contributed by atoms with E-state index in [1.165, 1.54) is 6.42 Å². The number of aliphatic hydroxyl groups is 1. The summed E-state index contributed by atoms with van der Waals surface area (Å²) in [6.07, 6.45) is 8.16. The van der Waals surface area contributed by atoms with Gasteiger partial charge >= 0.3 is 0 Å². The zero-order chi connectivity index (χ0) is 12.5. The number of aromatic nitrogens is 2. The summed E-state index contributed by atoms with van der Waals surface area (Å²) < 4.78 is 1.94. The zero-order valence-corrected chi connectivity index (χ0v) is 11.2. The molecule has 96 valence electrons. The van der Waals surface area contributed by atoms with E-state index in [4.69, 9.17) is 0 Å². The van der Waals surface area contributed by atoms with Gasteiger partial charge in [-0.15, -0.1) is 0 Å². The SMILES string of the molecule is CCCn1cc(C2(O)CCCC(C)C2C)cn1. The van der Waals surface area contributed by atoms with E-state index < -0.39 is 5.60 Å². The Kier molecular flexibility index (Phi) is 3.57. The molecule has 1 saturated carbocycles. The quantitative estimate of drug-likeness (QED) is 0.876. The first-order valence-electron chi connectivity index (χ1n) is 6.83. The third-order valence-corrected chi connectivity index (χ3v) is 4.41. The van der Waals surface area contributed by atoms with Crippen LogP contribution in [0.2, 0.25) is 0 Å². The van der Waals surface area contributed by atoms with Crippen LogP contribution in [0.5, 0.6) is 0 Å². The standard InChI is InChI=1S/C14H24N2O/c1-4-8-16-10-13(9-15-16)14(17)7-5-6-11(2)12(14)3/h9-12,17H,4-8H2,1-3H3. The van der Waals surface area contributed by atoms with Crippen LogP contribution in [0.15, 0.2) is 12.4 Å². The van der Waals surface area contributed by atoms with Gasteiger partial charge in [0.15, 0.2) is 0 Å². The van der Waals surface area contributed by atoms with Gasteiger partial charge in [-0.05, 0) is 31.1 Å². The van der Waals surface area contributed by atoms with Crippen molar-refractivity contribution in [3.05, 3.63) is 18.0 Å². The fraction of sp³-hybridized carbons (Fsp3) is 0.786. The van der Waals surface area contributed by atoms with Gasteiger partial charge in [0.1, 0.15) is 0 Å². The molecule has 3 nitrogen and oxygen atoms in total. The summed E-state index contributed by atoms with van der Waals surface area (Å²) in [6.45, 7) is 7.48. The number of hydrogen-bond acceptors (Lipinski definition) is 2. The molecule has 0 bridgehead atoms. The largest absolute Gasteiger partial charge is 0.385 e. The van der Waals surface area contributed by atoms with Crippen LogP contribution in [0.4, 0.5) is 0 Å². The molecular formula is C14H24N2O. The highest BCUT2D eigenvalue weighted by Crippen LogP contribution is 2.44. The Morgan fingerprint density at radius 2 is 2.29 bits per heavy atom. The molecule has 0 radical (unpaired) electrons.